The zero-order chi connectivity index (χ0) is 25.2. The van der Waals surface area contributed by atoms with Crippen LogP contribution in [-0.2, 0) is 14.6 Å². The first-order valence-corrected chi connectivity index (χ1v) is 16.0. The summed E-state index contributed by atoms with van der Waals surface area (Å²) in [7, 11) is -3.03. The van der Waals surface area contributed by atoms with Gasteiger partial charge < -0.3 is 10.0 Å². The molecule has 1 N–H and O–H groups in total. The smallest absolute Gasteiger partial charge is 0.222 e. The topological polar surface area (TPSA) is 74.7 Å². The lowest BCUT2D eigenvalue weighted by Gasteiger charge is -2.58. The largest absolute Gasteiger partial charge is 0.393 e. The van der Waals surface area contributed by atoms with Gasteiger partial charge in [0, 0.05) is 19.5 Å². The average Bonchev–Trinajstić information content (AvgIpc) is 3.17. The first-order valence-electron chi connectivity index (χ1n) is 14.3. The highest BCUT2D eigenvalue weighted by molar-refractivity contribution is 7.92. The van der Waals surface area contributed by atoms with E-state index in [0.29, 0.717) is 42.2 Å². The normalized spacial score (nSPS) is 45.6. The Bertz CT molecular complexity index is 975. The fraction of sp³-hybridized carbons (Fsp3) is 0.897. The van der Waals surface area contributed by atoms with Crippen molar-refractivity contribution in [2.45, 2.75) is 103 Å². The lowest BCUT2D eigenvalue weighted by molar-refractivity contribution is -0.131. The molecule has 0 spiro atoms. The third-order valence-electron chi connectivity index (χ3n) is 11.7. The summed E-state index contributed by atoms with van der Waals surface area (Å²) in [6.45, 7) is 9.87. The van der Waals surface area contributed by atoms with Crippen LogP contribution in [0.1, 0.15) is 91.9 Å². The highest BCUT2D eigenvalue weighted by atomic mass is 32.2. The number of rotatable bonds is 4. The van der Waals surface area contributed by atoms with E-state index in [0.717, 1.165) is 43.4 Å². The monoisotopic (exact) mass is 505 g/mol. The first kappa shape index (κ1) is 25.8. The number of hydrogen-bond acceptors (Lipinski definition) is 4. The van der Waals surface area contributed by atoms with Crippen LogP contribution in [-0.4, -0.2) is 54.5 Å². The quantitative estimate of drug-likeness (QED) is 0.547. The zero-order valence-electron chi connectivity index (χ0n) is 22.3. The molecule has 1 saturated heterocycles. The minimum Gasteiger partial charge on any atom is -0.393 e. The molecule has 5 aliphatic rings. The molecule has 35 heavy (non-hydrogen) atoms. The molecular formula is C29H47NO4S. The number of carbonyl (C=O) groups is 1. The van der Waals surface area contributed by atoms with Crippen LogP contribution in [0.5, 0.6) is 0 Å². The standard InChI is InChI=1S/C29H47NO4S/c1-19(5-10-27(32)30-15-16-35(33,34)20(2)18-30)24-8-9-25-23-7-6-21-17-22(31)11-13-28(21,3)26(23)12-14-29(24,25)4/h6,19-20,22-26,31H,5,7-18H2,1-4H3/t19?,20-,22+,23+,24-,25+,26+,28+,29-/m1/s1. The van der Waals surface area contributed by atoms with Crippen molar-refractivity contribution in [3.8, 4) is 0 Å². The van der Waals surface area contributed by atoms with Gasteiger partial charge in [-0.05, 0) is 105 Å². The number of aliphatic hydroxyl groups excluding tert-OH is 1. The second kappa shape index (κ2) is 9.15. The van der Waals surface area contributed by atoms with E-state index in [1.807, 2.05) is 0 Å². The Balaban J connectivity index is 1.22. The van der Waals surface area contributed by atoms with Crippen LogP contribution < -0.4 is 0 Å². The Hall–Kier alpha value is -0.880. The predicted molar refractivity (Wildman–Crippen MR) is 139 cm³/mol. The van der Waals surface area contributed by atoms with E-state index >= 15 is 0 Å². The molecule has 6 heteroatoms. The number of amides is 1. The minimum absolute atomic E-state index is 0.106. The van der Waals surface area contributed by atoms with Gasteiger partial charge in [0.2, 0.25) is 5.91 Å². The van der Waals surface area contributed by atoms with Gasteiger partial charge in [-0.25, -0.2) is 8.42 Å². The molecule has 0 bridgehead atoms. The van der Waals surface area contributed by atoms with Crippen LogP contribution in [0.3, 0.4) is 0 Å². The number of carbonyl (C=O) groups excluding carboxylic acids is 1. The zero-order valence-corrected chi connectivity index (χ0v) is 23.2. The molecule has 4 fully saturated rings. The molecule has 5 nitrogen and oxygen atoms in total. The summed E-state index contributed by atoms with van der Waals surface area (Å²) in [5.41, 5.74) is 2.20. The summed E-state index contributed by atoms with van der Waals surface area (Å²) in [6.07, 6.45) is 13.2. The Labute approximate surface area is 213 Å². The molecular weight excluding hydrogens is 458 g/mol. The molecule has 1 heterocycles. The van der Waals surface area contributed by atoms with Crippen LogP contribution in [0.2, 0.25) is 0 Å². The summed E-state index contributed by atoms with van der Waals surface area (Å²) in [5.74, 6) is 3.75. The highest BCUT2D eigenvalue weighted by Gasteiger charge is 2.59. The first-order chi connectivity index (χ1) is 16.5. The van der Waals surface area contributed by atoms with E-state index in [-0.39, 0.29) is 17.8 Å². The molecule has 4 aliphatic carbocycles. The van der Waals surface area contributed by atoms with Gasteiger partial charge in [0.1, 0.15) is 0 Å². The molecule has 0 aromatic rings. The maximum atomic E-state index is 12.9. The summed E-state index contributed by atoms with van der Waals surface area (Å²) >= 11 is 0. The van der Waals surface area contributed by atoms with E-state index in [9.17, 15) is 18.3 Å². The van der Waals surface area contributed by atoms with Crippen molar-refractivity contribution in [2.24, 2.45) is 40.4 Å². The van der Waals surface area contributed by atoms with Crippen LogP contribution in [0.25, 0.3) is 0 Å². The van der Waals surface area contributed by atoms with Crippen molar-refractivity contribution < 1.29 is 18.3 Å². The molecule has 0 aromatic heterocycles. The van der Waals surface area contributed by atoms with Gasteiger partial charge in [-0.1, -0.05) is 32.4 Å². The SMILES string of the molecule is CC(CCC(=O)N1CCS(=O)(=O)[C@H](C)C1)[C@H]1CC[C@H]2[C@@H]3CC=C4C[C@@H](O)CC[C@]4(C)[C@H]3CC[C@]12C. The van der Waals surface area contributed by atoms with Gasteiger partial charge in [-0.2, -0.15) is 0 Å². The Kier molecular flexibility index (Phi) is 6.73. The van der Waals surface area contributed by atoms with Gasteiger partial charge in [0.15, 0.2) is 9.84 Å². The minimum atomic E-state index is -3.03. The lowest BCUT2D eigenvalue weighted by atomic mass is 9.47. The van der Waals surface area contributed by atoms with E-state index in [1.54, 1.807) is 17.4 Å². The molecule has 198 valence electrons. The van der Waals surface area contributed by atoms with E-state index < -0.39 is 15.1 Å². The predicted octanol–water partition coefficient (Wildman–Crippen LogP) is 4.99. The van der Waals surface area contributed by atoms with Crippen molar-refractivity contribution in [1.29, 1.82) is 0 Å². The number of hydrogen-bond donors (Lipinski definition) is 1. The molecule has 9 atom stereocenters. The number of allylic oxidation sites excluding steroid dienone is 1. The summed E-state index contributed by atoms with van der Waals surface area (Å²) in [6, 6.07) is 0. The van der Waals surface area contributed by atoms with E-state index in [4.69, 9.17) is 0 Å². The Morgan fingerprint density at radius 1 is 1.17 bits per heavy atom. The number of aliphatic hydroxyl groups is 1. The Morgan fingerprint density at radius 3 is 2.69 bits per heavy atom. The molecule has 1 unspecified atom stereocenters. The van der Waals surface area contributed by atoms with Gasteiger partial charge in [0.25, 0.3) is 0 Å². The molecule has 0 radical (unpaired) electrons. The molecule has 1 amide bonds. The van der Waals surface area contributed by atoms with Crippen LogP contribution >= 0.6 is 0 Å². The number of fused-ring (bicyclic) bond motifs is 5. The van der Waals surface area contributed by atoms with E-state index in [1.165, 1.54) is 32.1 Å². The summed E-state index contributed by atoms with van der Waals surface area (Å²) < 4.78 is 24.0. The third kappa shape index (κ3) is 4.32. The molecule has 3 saturated carbocycles. The highest BCUT2D eigenvalue weighted by Crippen LogP contribution is 2.67. The van der Waals surface area contributed by atoms with Gasteiger partial charge >= 0.3 is 0 Å². The second-order valence-corrected chi connectivity index (χ2v) is 16.0. The summed E-state index contributed by atoms with van der Waals surface area (Å²) in [4.78, 5) is 14.7. The second-order valence-electron chi connectivity index (χ2n) is 13.4. The molecule has 1 aliphatic heterocycles. The van der Waals surface area contributed by atoms with Crippen LogP contribution in [0, 0.1) is 40.4 Å². The third-order valence-corrected chi connectivity index (χ3v) is 13.9. The Morgan fingerprint density at radius 2 is 1.94 bits per heavy atom. The average molecular weight is 506 g/mol. The number of sulfone groups is 1. The van der Waals surface area contributed by atoms with Gasteiger partial charge in [-0.15, -0.1) is 0 Å². The van der Waals surface area contributed by atoms with Crippen molar-refractivity contribution in [2.75, 3.05) is 18.8 Å². The van der Waals surface area contributed by atoms with Gasteiger partial charge in [-0.3, -0.25) is 4.79 Å². The fourth-order valence-electron chi connectivity index (χ4n) is 9.51. The molecule has 5 rings (SSSR count). The fourth-order valence-corrected chi connectivity index (χ4v) is 10.8. The van der Waals surface area contributed by atoms with Gasteiger partial charge in [0.05, 0.1) is 17.1 Å². The number of nitrogens with zero attached hydrogens (tertiary/aromatic N) is 1. The van der Waals surface area contributed by atoms with Crippen LogP contribution in [0.15, 0.2) is 11.6 Å². The van der Waals surface area contributed by atoms with Crippen molar-refractivity contribution in [3.63, 3.8) is 0 Å². The van der Waals surface area contributed by atoms with Crippen LogP contribution in [0.4, 0.5) is 0 Å². The maximum Gasteiger partial charge on any atom is 0.222 e. The van der Waals surface area contributed by atoms with Crippen molar-refractivity contribution in [1.82, 2.24) is 4.90 Å². The van der Waals surface area contributed by atoms with Crippen molar-refractivity contribution >= 4 is 15.7 Å². The van der Waals surface area contributed by atoms with Crippen molar-refractivity contribution in [3.05, 3.63) is 11.6 Å². The maximum absolute atomic E-state index is 12.9. The lowest BCUT2D eigenvalue weighted by Crippen LogP contribution is -2.51. The summed E-state index contributed by atoms with van der Waals surface area (Å²) in [5, 5.41) is 9.82. The molecule has 0 aromatic carbocycles. The van der Waals surface area contributed by atoms with E-state index in [2.05, 4.69) is 26.8 Å².